The summed E-state index contributed by atoms with van der Waals surface area (Å²) in [5, 5.41) is 0. The van der Waals surface area contributed by atoms with Crippen molar-refractivity contribution in [2.45, 2.75) is 51.9 Å². The predicted molar refractivity (Wildman–Crippen MR) is 137 cm³/mol. The summed E-state index contributed by atoms with van der Waals surface area (Å²) in [7, 11) is 0. The molecule has 35 heavy (non-hydrogen) atoms. The standard InChI is InChI=1S/C30H33NO4/c1-30(2,3)35-29(33)31-20-24(19-27(31)28(32)34-21-23-10-6-4-7-11-23)18-22-14-16-26(17-15-22)25-12-8-5-9-13-25/h4-17,24,27H,18-21H2,1-3H3/t24-,27+/m0/s1. The van der Waals surface area contributed by atoms with Crippen molar-refractivity contribution in [3.63, 3.8) is 0 Å². The minimum Gasteiger partial charge on any atom is -0.459 e. The molecule has 2 atom stereocenters. The van der Waals surface area contributed by atoms with Crippen molar-refractivity contribution < 1.29 is 19.1 Å². The van der Waals surface area contributed by atoms with Crippen LogP contribution >= 0.6 is 0 Å². The monoisotopic (exact) mass is 471 g/mol. The van der Waals surface area contributed by atoms with Crippen molar-refractivity contribution in [1.82, 2.24) is 4.90 Å². The second-order valence-corrected chi connectivity index (χ2v) is 10.1. The molecule has 1 heterocycles. The summed E-state index contributed by atoms with van der Waals surface area (Å²) in [4.78, 5) is 27.5. The largest absolute Gasteiger partial charge is 0.459 e. The van der Waals surface area contributed by atoms with Gasteiger partial charge in [0.15, 0.2) is 0 Å². The van der Waals surface area contributed by atoms with E-state index in [1.54, 1.807) is 4.90 Å². The molecule has 0 bridgehead atoms. The van der Waals surface area contributed by atoms with Crippen LogP contribution in [0.2, 0.25) is 0 Å². The average molecular weight is 472 g/mol. The van der Waals surface area contributed by atoms with Crippen molar-refractivity contribution in [2.75, 3.05) is 6.54 Å². The van der Waals surface area contributed by atoms with Crippen molar-refractivity contribution in [3.8, 4) is 11.1 Å². The topological polar surface area (TPSA) is 55.8 Å². The van der Waals surface area contributed by atoms with Crippen LogP contribution in [0.5, 0.6) is 0 Å². The first-order valence-electron chi connectivity index (χ1n) is 12.1. The summed E-state index contributed by atoms with van der Waals surface area (Å²) in [5.74, 6) is -0.249. The maximum Gasteiger partial charge on any atom is 0.411 e. The number of ether oxygens (including phenoxy) is 2. The van der Waals surface area contributed by atoms with E-state index in [1.807, 2.05) is 69.3 Å². The van der Waals surface area contributed by atoms with Gasteiger partial charge < -0.3 is 9.47 Å². The summed E-state index contributed by atoms with van der Waals surface area (Å²) >= 11 is 0. The van der Waals surface area contributed by atoms with Gasteiger partial charge in [0.25, 0.3) is 0 Å². The van der Waals surface area contributed by atoms with Crippen molar-refractivity contribution in [3.05, 3.63) is 96.1 Å². The maximum absolute atomic E-state index is 13.0. The molecule has 0 spiro atoms. The van der Waals surface area contributed by atoms with E-state index in [9.17, 15) is 9.59 Å². The zero-order chi connectivity index (χ0) is 24.8. The molecule has 1 saturated heterocycles. The maximum atomic E-state index is 13.0. The molecule has 1 fully saturated rings. The Labute approximate surface area is 207 Å². The smallest absolute Gasteiger partial charge is 0.411 e. The van der Waals surface area contributed by atoms with Crippen LogP contribution in [0.25, 0.3) is 11.1 Å². The summed E-state index contributed by atoms with van der Waals surface area (Å²) in [6, 6.07) is 27.7. The number of rotatable bonds is 6. The van der Waals surface area contributed by atoms with Crippen LogP contribution in [0.4, 0.5) is 4.79 Å². The van der Waals surface area contributed by atoms with E-state index in [0.29, 0.717) is 13.0 Å². The lowest BCUT2D eigenvalue weighted by atomic mass is 9.95. The quantitative estimate of drug-likeness (QED) is 0.398. The second-order valence-electron chi connectivity index (χ2n) is 10.1. The molecule has 0 radical (unpaired) electrons. The number of carbonyl (C=O) groups excluding carboxylic acids is 2. The zero-order valence-corrected chi connectivity index (χ0v) is 20.6. The number of hydrogen-bond acceptors (Lipinski definition) is 4. The molecule has 0 aromatic heterocycles. The minimum atomic E-state index is -0.651. The molecule has 1 aliphatic heterocycles. The first-order chi connectivity index (χ1) is 16.8. The van der Waals surface area contributed by atoms with Crippen molar-refractivity contribution >= 4 is 12.1 Å². The molecular formula is C30H33NO4. The first-order valence-corrected chi connectivity index (χ1v) is 12.1. The molecule has 3 aromatic rings. The van der Waals surface area contributed by atoms with E-state index < -0.39 is 17.7 Å². The molecule has 0 N–H and O–H groups in total. The number of benzene rings is 3. The second kappa shape index (κ2) is 10.8. The Hall–Kier alpha value is -3.60. The van der Waals surface area contributed by atoms with Gasteiger partial charge >= 0.3 is 12.1 Å². The van der Waals surface area contributed by atoms with Crippen LogP contribution in [-0.4, -0.2) is 35.2 Å². The molecule has 5 heteroatoms. The lowest BCUT2D eigenvalue weighted by molar-refractivity contribution is -0.150. The highest BCUT2D eigenvalue weighted by molar-refractivity contribution is 5.82. The Morgan fingerprint density at radius 2 is 1.43 bits per heavy atom. The van der Waals surface area contributed by atoms with Gasteiger partial charge in [-0.2, -0.15) is 0 Å². The Balaban J connectivity index is 1.44. The van der Waals surface area contributed by atoms with Gasteiger partial charge in [-0.1, -0.05) is 84.9 Å². The Morgan fingerprint density at radius 3 is 2.06 bits per heavy atom. The number of esters is 1. The molecule has 4 rings (SSSR count). The van der Waals surface area contributed by atoms with Crippen LogP contribution < -0.4 is 0 Å². The van der Waals surface area contributed by atoms with Gasteiger partial charge in [-0.05, 0) is 61.8 Å². The SMILES string of the molecule is CC(C)(C)OC(=O)N1C[C@@H](Cc2ccc(-c3ccccc3)cc2)C[C@@H]1C(=O)OCc1ccccc1. The van der Waals surface area contributed by atoms with Crippen LogP contribution in [-0.2, 0) is 27.3 Å². The van der Waals surface area contributed by atoms with E-state index >= 15 is 0 Å². The number of nitrogens with zero attached hydrogens (tertiary/aromatic N) is 1. The lowest BCUT2D eigenvalue weighted by Crippen LogP contribution is -2.44. The van der Waals surface area contributed by atoms with E-state index in [2.05, 4.69) is 36.4 Å². The molecule has 1 aliphatic rings. The molecular weight excluding hydrogens is 438 g/mol. The van der Waals surface area contributed by atoms with Gasteiger partial charge in [0.05, 0.1) is 0 Å². The number of hydrogen-bond donors (Lipinski definition) is 0. The normalized spacial score (nSPS) is 17.7. The van der Waals surface area contributed by atoms with E-state index in [-0.39, 0.29) is 18.5 Å². The highest BCUT2D eigenvalue weighted by Crippen LogP contribution is 2.30. The van der Waals surface area contributed by atoms with Crippen molar-refractivity contribution in [2.24, 2.45) is 5.92 Å². The van der Waals surface area contributed by atoms with E-state index in [4.69, 9.17) is 9.47 Å². The van der Waals surface area contributed by atoms with Gasteiger partial charge in [-0.25, -0.2) is 9.59 Å². The Bertz CT molecular complexity index is 1120. The first kappa shape index (κ1) is 24.5. The van der Waals surface area contributed by atoms with Gasteiger partial charge in [0, 0.05) is 6.54 Å². The zero-order valence-electron chi connectivity index (χ0n) is 20.6. The van der Waals surface area contributed by atoms with Crippen LogP contribution in [0.15, 0.2) is 84.9 Å². The van der Waals surface area contributed by atoms with Crippen LogP contribution in [0.3, 0.4) is 0 Å². The van der Waals surface area contributed by atoms with E-state index in [0.717, 1.165) is 12.0 Å². The summed E-state index contributed by atoms with van der Waals surface area (Å²) in [6.07, 6.45) is 0.852. The molecule has 0 aliphatic carbocycles. The fraction of sp³-hybridized carbons (Fsp3) is 0.333. The average Bonchev–Trinajstić information content (AvgIpc) is 3.27. The number of likely N-dealkylation sites (tertiary alicyclic amines) is 1. The highest BCUT2D eigenvalue weighted by atomic mass is 16.6. The number of carbonyl (C=O) groups is 2. The molecule has 0 unspecified atom stereocenters. The molecule has 1 amide bonds. The minimum absolute atomic E-state index is 0.138. The third-order valence-corrected chi connectivity index (χ3v) is 6.10. The van der Waals surface area contributed by atoms with Crippen molar-refractivity contribution in [1.29, 1.82) is 0 Å². The van der Waals surface area contributed by atoms with E-state index in [1.165, 1.54) is 16.7 Å². The van der Waals surface area contributed by atoms with Gasteiger partial charge in [-0.3, -0.25) is 4.90 Å². The molecule has 0 saturated carbocycles. The fourth-order valence-corrected chi connectivity index (χ4v) is 4.44. The molecule has 3 aromatic carbocycles. The summed E-state index contributed by atoms with van der Waals surface area (Å²) < 4.78 is 11.2. The van der Waals surface area contributed by atoms with Crippen LogP contribution in [0.1, 0.15) is 38.3 Å². The molecule has 5 nitrogen and oxygen atoms in total. The summed E-state index contributed by atoms with van der Waals surface area (Å²) in [6.45, 7) is 6.13. The lowest BCUT2D eigenvalue weighted by Gasteiger charge is -2.27. The number of amides is 1. The Kier molecular flexibility index (Phi) is 7.54. The van der Waals surface area contributed by atoms with Gasteiger partial charge in [0.1, 0.15) is 18.2 Å². The van der Waals surface area contributed by atoms with Gasteiger partial charge in [0.2, 0.25) is 0 Å². The van der Waals surface area contributed by atoms with Gasteiger partial charge in [-0.15, -0.1) is 0 Å². The third-order valence-electron chi connectivity index (χ3n) is 6.10. The fourth-order valence-electron chi connectivity index (χ4n) is 4.44. The Morgan fingerprint density at radius 1 is 0.829 bits per heavy atom. The third kappa shape index (κ3) is 6.72. The van der Waals surface area contributed by atoms with Crippen LogP contribution in [0, 0.1) is 5.92 Å². The molecule has 182 valence electrons. The predicted octanol–water partition coefficient (Wildman–Crippen LogP) is 6.27. The summed E-state index contributed by atoms with van der Waals surface area (Å²) in [5.41, 5.74) is 3.80. The highest BCUT2D eigenvalue weighted by Gasteiger charge is 2.42.